The third kappa shape index (κ3) is 5.99. The van der Waals surface area contributed by atoms with Gasteiger partial charge in [0.2, 0.25) is 0 Å². The fourth-order valence-corrected chi connectivity index (χ4v) is 2.37. The largest absolute Gasteiger partial charge is 0.459 e. The van der Waals surface area contributed by atoms with Crippen molar-refractivity contribution in [1.29, 1.82) is 0 Å². The average Bonchev–Trinajstić information content (AvgIpc) is 2.76. The molecule has 2 rings (SSSR count). The molecule has 0 N–H and O–H groups in total. The Bertz CT molecular complexity index is 419. The van der Waals surface area contributed by atoms with Gasteiger partial charge in [0.25, 0.3) is 0 Å². The maximum Gasteiger partial charge on any atom is 0.316 e. The molecule has 116 valence electrons. The van der Waals surface area contributed by atoms with Crippen LogP contribution in [0.4, 0.5) is 0 Å². The molecule has 21 heavy (non-hydrogen) atoms. The summed E-state index contributed by atoms with van der Waals surface area (Å²) in [6, 6.07) is 0.375. The van der Waals surface area contributed by atoms with Crippen molar-refractivity contribution < 1.29 is 9.47 Å². The van der Waals surface area contributed by atoms with Gasteiger partial charge in [0.15, 0.2) is 0 Å². The van der Waals surface area contributed by atoms with E-state index in [1.54, 1.807) is 12.4 Å². The molecule has 1 aliphatic rings. The summed E-state index contributed by atoms with van der Waals surface area (Å²) in [7, 11) is 0. The molecule has 1 aromatic rings. The second-order valence-corrected chi connectivity index (χ2v) is 5.49. The van der Waals surface area contributed by atoms with E-state index in [4.69, 9.17) is 21.1 Å². The lowest BCUT2D eigenvalue weighted by molar-refractivity contribution is 0.106. The Hall–Kier alpha value is -1.17. The summed E-state index contributed by atoms with van der Waals surface area (Å²) in [6.45, 7) is 8.23. The summed E-state index contributed by atoms with van der Waals surface area (Å²) in [6.07, 6.45) is 7.91. The first-order valence-electron chi connectivity index (χ1n) is 7.33. The smallest absolute Gasteiger partial charge is 0.316 e. The highest BCUT2D eigenvalue weighted by Gasteiger charge is 2.18. The molecule has 2 heterocycles. The van der Waals surface area contributed by atoms with Crippen LogP contribution in [0, 0.1) is 0 Å². The van der Waals surface area contributed by atoms with Crippen molar-refractivity contribution in [3.8, 4) is 6.01 Å². The monoisotopic (exact) mass is 311 g/mol. The van der Waals surface area contributed by atoms with Crippen LogP contribution in [0.5, 0.6) is 6.01 Å². The van der Waals surface area contributed by atoms with Crippen LogP contribution >= 0.6 is 11.6 Å². The van der Waals surface area contributed by atoms with Crippen molar-refractivity contribution >= 4 is 11.6 Å². The van der Waals surface area contributed by atoms with E-state index in [0.717, 1.165) is 52.1 Å². The minimum Gasteiger partial charge on any atom is -0.459 e. The van der Waals surface area contributed by atoms with Gasteiger partial charge in [-0.2, -0.15) is 0 Å². The Morgan fingerprint density at radius 3 is 2.95 bits per heavy atom. The first-order chi connectivity index (χ1) is 10.3. The fraction of sp³-hybridized carbons (Fsp3) is 0.600. The van der Waals surface area contributed by atoms with Crippen molar-refractivity contribution in [3.63, 3.8) is 0 Å². The number of nitrogens with zero attached hydrogens (tertiary/aromatic N) is 3. The third-order valence-corrected chi connectivity index (χ3v) is 3.53. The van der Waals surface area contributed by atoms with Gasteiger partial charge in [-0.05, 0) is 19.3 Å². The van der Waals surface area contributed by atoms with Crippen LogP contribution in [0.25, 0.3) is 0 Å². The highest BCUT2D eigenvalue weighted by atomic mass is 35.5. The van der Waals surface area contributed by atoms with Crippen molar-refractivity contribution in [2.45, 2.75) is 25.4 Å². The minimum absolute atomic E-state index is 0.0438. The molecule has 5 nitrogen and oxygen atoms in total. The van der Waals surface area contributed by atoms with E-state index in [2.05, 4.69) is 21.4 Å². The van der Waals surface area contributed by atoms with E-state index in [9.17, 15) is 0 Å². The number of aromatic nitrogens is 2. The molecule has 1 atom stereocenters. The van der Waals surface area contributed by atoms with Gasteiger partial charge < -0.3 is 9.47 Å². The summed E-state index contributed by atoms with van der Waals surface area (Å²) in [4.78, 5) is 10.6. The van der Waals surface area contributed by atoms with Gasteiger partial charge >= 0.3 is 6.01 Å². The topological polar surface area (TPSA) is 47.5 Å². The molecule has 0 spiro atoms. The predicted molar refractivity (Wildman–Crippen MR) is 82.8 cm³/mol. The van der Waals surface area contributed by atoms with Gasteiger partial charge in [-0.25, -0.2) is 9.97 Å². The number of hydrogen-bond donors (Lipinski definition) is 0. The van der Waals surface area contributed by atoms with Gasteiger partial charge in [-0.1, -0.05) is 17.7 Å². The van der Waals surface area contributed by atoms with E-state index in [1.807, 2.05) is 6.08 Å². The van der Waals surface area contributed by atoms with Crippen LogP contribution in [0.2, 0.25) is 5.02 Å². The molecule has 0 radical (unpaired) electrons. The maximum atomic E-state index is 5.90. The number of halogens is 1. The molecular formula is C15H22ClN3O2. The van der Waals surface area contributed by atoms with E-state index < -0.39 is 0 Å². The highest BCUT2D eigenvalue weighted by molar-refractivity contribution is 6.30. The maximum absolute atomic E-state index is 5.90. The summed E-state index contributed by atoms with van der Waals surface area (Å²) in [5, 5.41) is 0.509. The van der Waals surface area contributed by atoms with Crippen LogP contribution in [-0.4, -0.2) is 53.8 Å². The van der Waals surface area contributed by atoms with Gasteiger partial charge in [0.1, 0.15) is 6.10 Å². The lowest BCUT2D eigenvalue weighted by Gasteiger charge is -2.25. The van der Waals surface area contributed by atoms with Crippen LogP contribution in [-0.2, 0) is 4.74 Å². The first-order valence-corrected chi connectivity index (χ1v) is 7.71. The number of allylic oxidation sites excluding steroid dienone is 1. The SMILES string of the molecule is C=CCCC(CN1CCCOCC1)Oc1ncc(Cl)cn1. The highest BCUT2D eigenvalue weighted by Crippen LogP contribution is 2.13. The zero-order valence-corrected chi connectivity index (χ0v) is 13.0. The minimum atomic E-state index is 0.0438. The van der Waals surface area contributed by atoms with Gasteiger partial charge in [0.05, 0.1) is 24.0 Å². The molecular weight excluding hydrogens is 290 g/mol. The van der Waals surface area contributed by atoms with Crippen molar-refractivity contribution in [2.24, 2.45) is 0 Å². The van der Waals surface area contributed by atoms with E-state index in [0.29, 0.717) is 11.0 Å². The van der Waals surface area contributed by atoms with Crippen molar-refractivity contribution in [2.75, 3.05) is 32.8 Å². The molecule has 0 aromatic carbocycles. The molecule has 1 aliphatic heterocycles. The Kier molecular flexibility index (Phi) is 6.92. The second kappa shape index (κ2) is 8.97. The number of ether oxygens (including phenoxy) is 2. The average molecular weight is 312 g/mol. The Morgan fingerprint density at radius 2 is 2.19 bits per heavy atom. The van der Waals surface area contributed by atoms with Crippen LogP contribution in [0.15, 0.2) is 25.0 Å². The van der Waals surface area contributed by atoms with Crippen LogP contribution in [0.3, 0.4) is 0 Å². The number of rotatable bonds is 7. The fourth-order valence-electron chi connectivity index (χ4n) is 2.27. The normalized spacial score (nSPS) is 18.0. The van der Waals surface area contributed by atoms with Crippen LogP contribution < -0.4 is 4.74 Å². The molecule has 0 aliphatic carbocycles. The van der Waals surface area contributed by atoms with Crippen molar-refractivity contribution in [1.82, 2.24) is 14.9 Å². The number of hydrogen-bond acceptors (Lipinski definition) is 5. The predicted octanol–water partition coefficient (Wildman–Crippen LogP) is 2.57. The van der Waals surface area contributed by atoms with Gasteiger partial charge in [-0.3, -0.25) is 4.90 Å². The lowest BCUT2D eigenvalue weighted by atomic mass is 10.2. The second-order valence-electron chi connectivity index (χ2n) is 5.06. The Balaban J connectivity index is 1.92. The molecule has 1 aromatic heterocycles. The quantitative estimate of drug-likeness (QED) is 0.724. The van der Waals surface area contributed by atoms with Gasteiger partial charge in [0, 0.05) is 26.2 Å². The van der Waals surface area contributed by atoms with Gasteiger partial charge in [-0.15, -0.1) is 6.58 Å². The zero-order valence-electron chi connectivity index (χ0n) is 12.2. The molecule has 0 saturated carbocycles. The molecule has 6 heteroatoms. The summed E-state index contributed by atoms with van der Waals surface area (Å²) < 4.78 is 11.4. The molecule has 1 unspecified atom stereocenters. The zero-order chi connectivity index (χ0) is 14.9. The summed E-state index contributed by atoms with van der Waals surface area (Å²) in [5.74, 6) is 0. The Labute approximate surface area is 130 Å². The lowest BCUT2D eigenvalue weighted by Crippen LogP contribution is -2.37. The summed E-state index contributed by atoms with van der Waals surface area (Å²) >= 11 is 5.79. The molecule has 0 bridgehead atoms. The molecule has 1 fully saturated rings. The molecule has 1 saturated heterocycles. The standard InChI is InChI=1S/C15H22ClN3O2/c1-2-3-5-14(12-19-6-4-8-20-9-7-19)21-15-17-10-13(16)11-18-15/h2,10-11,14H,1,3-9,12H2. The first kappa shape index (κ1) is 16.2. The van der Waals surface area contributed by atoms with E-state index >= 15 is 0 Å². The summed E-state index contributed by atoms with van der Waals surface area (Å²) in [5.41, 5.74) is 0. The van der Waals surface area contributed by atoms with E-state index in [-0.39, 0.29) is 6.10 Å². The third-order valence-electron chi connectivity index (χ3n) is 3.34. The van der Waals surface area contributed by atoms with Crippen LogP contribution in [0.1, 0.15) is 19.3 Å². The van der Waals surface area contributed by atoms with Crippen molar-refractivity contribution in [3.05, 3.63) is 30.1 Å². The Morgan fingerprint density at radius 1 is 1.38 bits per heavy atom. The van der Waals surface area contributed by atoms with E-state index in [1.165, 1.54) is 0 Å². The molecule has 0 amide bonds.